The highest BCUT2D eigenvalue weighted by Crippen LogP contribution is 2.22. The number of nitrogens with zero attached hydrogens (tertiary/aromatic N) is 4. The summed E-state index contributed by atoms with van der Waals surface area (Å²) in [6, 6.07) is 3.79. The van der Waals surface area contributed by atoms with Crippen LogP contribution in [-0.4, -0.2) is 32.9 Å². The molecule has 0 aliphatic heterocycles. The molecular weight excluding hydrogens is 241 g/mol. The molecule has 96 valence electrons. The molecule has 0 unspecified atom stereocenters. The Balaban J connectivity index is 2.49. The van der Waals surface area contributed by atoms with Crippen molar-refractivity contribution < 1.29 is 9.13 Å². The second-order valence-corrected chi connectivity index (χ2v) is 3.55. The van der Waals surface area contributed by atoms with E-state index in [0.29, 0.717) is 5.69 Å². The molecule has 1 aromatic heterocycles. The van der Waals surface area contributed by atoms with Crippen LogP contribution in [0.2, 0.25) is 0 Å². The van der Waals surface area contributed by atoms with Crippen molar-refractivity contribution in [1.82, 2.24) is 19.8 Å². The minimum atomic E-state index is -0.470. The third-order valence-electron chi connectivity index (χ3n) is 2.25. The van der Waals surface area contributed by atoms with Crippen LogP contribution in [0, 0.1) is 5.82 Å². The van der Waals surface area contributed by atoms with Crippen molar-refractivity contribution in [3.05, 3.63) is 34.5 Å². The van der Waals surface area contributed by atoms with Crippen molar-refractivity contribution in [3.8, 4) is 11.4 Å². The zero-order valence-electron chi connectivity index (χ0n) is 9.71. The van der Waals surface area contributed by atoms with E-state index in [9.17, 15) is 9.18 Å². The molecule has 7 nitrogen and oxygen atoms in total. The minimum Gasteiger partial charge on any atom is -0.490 e. The first-order chi connectivity index (χ1) is 8.63. The van der Waals surface area contributed by atoms with E-state index >= 15 is 0 Å². The lowest BCUT2D eigenvalue weighted by Gasteiger charge is -2.09. The van der Waals surface area contributed by atoms with Gasteiger partial charge in [0.05, 0.1) is 0 Å². The Bertz CT molecular complexity index is 607. The number of nitrogens with two attached hydrogens (primary N) is 1. The van der Waals surface area contributed by atoms with Crippen molar-refractivity contribution in [1.29, 1.82) is 0 Å². The molecule has 8 heteroatoms. The maximum Gasteiger partial charge on any atom is 0.368 e. The smallest absolute Gasteiger partial charge is 0.368 e. The Morgan fingerprint density at radius 3 is 2.83 bits per heavy atom. The lowest BCUT2D eigenvalue weighted by molar-refractivity contribution is 0.324. The summed E-state index contributed by atoms with van der Waals surface area (Å²) in [6.45, 7) is 0.497. The topological polar surface area (TPSA) is 88.0 Å². The molecule has 0 bridgehead atoms. The third-order valence-corrected chi connectivity index (χ3v) is 2.25. The first-order valence-electron chi connectivity index (χ1n) is 5.25. The maximum atomic E-state index is 13.2. The zero-order valence-corrected chi connectivity index (χ0v) is 9.71. The molecule has 2 rings (SSSR count). The van der Waals surface area contributed by atoms with Gasteiger partial charge in [0, 0.05) is 19.7 Å². The summed E-state index contributed by atoms with van der Waals surface area (Å²) >= 11 is 0. The largest absolute Gasteiger partial charge is 0.490 e. The molecule has 0 aliphatic carbocycles. The standard InChI is InChI=1S/C10H12FN5O2/c1-15-10(17)16(14-13-15)8-3-2-7(11)6-9(8)18-5-4-12/h2-3,6H,4-5,12H2,1H3. The second-order valence-electron chi connectivity index (χ2n) is 3.55. The van der Waals surface area contributed by atoms with Gasteiger partial charge in [-0.1, -0.05) is 0 Å². The van der Waals surface area contributed by atoms with Crippen molar-refractivity contribution in [2.24, 2.45) is 12.8 Å². The van der Waals surface area contributed by atoms with E-state index < -0.39 is 11.5 Å². The Labute approximate surface area is 102 Å². The van der Waals surface area contributed by atoms with Gasteiger partial charge in [0.2, 0.25) is 0 Å². The Morgan fingerprint density at radius 1 is 1.44 bits per heavy atom. The van der Waals surface area contributed by atoms with Gasteiger partial charge in [-0.3, -0.25) is 0 Å². The number of aryl methyl sites for hydroxylation is 1. The number of hydrogen-bond donors (Lipinski definition) is 1. The highest BCUT2D eigenvalue weighted by molar-refractivity contribution is 5.45. The fourth-order valence-electron chi connectivity index (χ4n) is 1.41. The van der Waals surface area contributed by atoms with Crippen LogP contribution < -0.4 is 16.2 Å². The number of tetrazole rings is 1. The number of hydrogen-bond acceptors (Lipinski definition) is 5. The van der Waals surface area contributed by atoms with Gasteiger partial charge in [0.25, 0.3) is 0 Å². The summed E-state index contributed by atoms with van der Waals surface area (Å²) < 4.78 is 20.5. The predicted molar refractivity (Wildman–Crippen MR) is 61.1 cm³/mol. The van der Waals surface area contributed by atoms with Crippen LogP contribution in [0.3, 0.4) is 0 Å². The first kappa shape index (κ1) is 12.2. The van der Waals surface area contributed by atoms with Gasteiger partial charge in [-0.25, -0.2) is 9.18 Å². The number of ether oxygens (including phenoxy) is 1. The first-order valence-corrected chi connectivity index (χ1v) is 5.25. The summed E-state index contributed by atoms with van der Waals surface area (Å²) in [5, 5.41) is 7.25. The lowest BCUT2D eigenvalue weighted by atomic mass is 10.3. The van der Waals surface area contributed by atoms with Crippen molar-refractivity contribution in [3.63, 3.8) is 0 Å². The fraction of sp³-hybridized carbons (Fsp3) is 0.300. The summed E-state index contributed by atoms with van der Waals surface area (Å²) in [7, 11) is 1.47. The van der Waals surface area contributed by atoms with Gasteiger partial charge in [0.1, 0.15) is 23.9 Å². The van der Waals surface area contributed by atoms with Gasteiger partial charge in [-0.15, -0.1) is 0 Å². The quantitative estimate of drug-likeness (QED) is 0.789. The van der Waals surface area contributed by atoms with Crippen LogP contribution in [0.4, 0.5) is 4.39 Å². The van der Waals surface area contributed by atoms with Crippen LogP contribution in [-0.2, 0) is 7.05 Å². The van der Waals surface area contributed by atoms with Crippen molar-refractivity contribution in [2.75, 3.05) is 13.2 Å². The summed E-state index contributed by atoms with van der Waals surface area (Å²) in [5.41, 5.74) is 5.19. The highest BCUT2D eigenvalue weighted by atomic mass is 19.1. The minimum absolute atomic E-state index is 0.197. The summed E-state index contributed by atoms with van der Waals surface area (Å²) in [5.74, 6) is -0.272. The molecule has 0 radical (unpaired) electrons. The van der Waals surface area contributed by atoms with Crippen LogP contribution in [0.1, 0.15) is 0 Å². The van der Waals surface area contributed by atoms with E-state index in [1.807, 2.05) is 0 Å². The molecule has 0 saturated carbocycles. The Kier molecular flexibility index (Phi) is 3.38. The van der Waals surface area contributed by atoms with Crippen LogP contribution in [0.5, 0.6) is 5.75 Å². The van der Waals surface area contributed by atoms with Gasteiger partial charge in [-0.05, 0) is 22.6 Å². The molecule has 18 heavy (non-hydrogen) atoms. The highest BCUT2D eigenvalue weighted by Gasteiger charge is 2.12. The number of aromatic nitrogens is 4. The van der Waals surface area contributed by atoms with Gasteiger partial charge < -0.3 is 10.5 Å². The van der Waals surface area contributed by atoms with E-state index in [0.717, 1.165) is 9.36 Å². The fourth-order valence-corrected chi connectivity index (χ4v) is 1.41. The average Bonchev–Trinajstić information content (AvgIpc) is 2.68. The summed E-state index contributed by atoms with van der Waals surface area (Å²) in [4.78, 5) is 11.7. The van der Waals surface area contributed by atoms with Crippen molar-refractivity contribution in [2.45, 2.75) is 0 Å². The molecule has 2 aromatic rings. The van der Waals surface area contributed by atoms with E-state index in [-0.39, 0.29) is 18.9 Å². The molecule has 0 amide bonds. The Hall–Kier alpha value is -2.22. The normalized spacial score (nSPS) is 10.6. The SMILES string of the molecule is Cn1nnn(-c2ccc(F)cc2OCCN)c1=O. The van der Waals surface area contributed by atoms with E-state index in [1.165, 1.54) is 25.2 Å². The van der Waals surface area contributed by atoms with Crippen LogP contribution >= 0.6 is 0 Å². The molecule has 2 N–H and O–H groups in total. The molecule has 0 fully saturated rings. The van der Waals surface area contributed by atoms with Crippen LogP contribution in [0.15, 0.2) is 23.0 Å². The van der Waals surface area contributed by atoms with Crippen molar-refractivity contribution >= 4 is 0 Å². The van der Waals surface area contributed by atoms with E-state index in [2.05, 4.69) is 10.4 Å². The molecule has 1 aromatic carbocycles. The van der Waals surface area contributed by atoms with E-state index in [4.69, 9.17) is 10.5 Å². The number of halogens is 1. The zero-order chi connectivity index (χ0) is 13.1. The molecule has 0 spiro atoms. The molecule has 0 atom stereocenters. The maximum absolute atomic E-state index is 13.2. The number of rotatable bonds is 4. The van der Waals surface area contributed by atoms with Crippen LogP contribution in [0.25, 0.3) is 5.69 Å². The number of benzene rings is 1. The second kappa shape index (κ2) is 4.96. The third kappa shape index (κ3) is 2.23. The average molecular weight is 253 g/mol. The predicted octanol–water partition coefficient (Wildman–Crippen LogP) is -0.557. The van der Waals surface area contributed by atoms with Gasteiger partial charge in [-0.2, -0.15) is 9.36 Å². The monoisotopic (exact) mass is 253 g/mol. The lowest BCUT2D eigenvalue weighted by Crippen LogP contribution is -2.23. The molecule has 1 heterocycles. The molecule has 0 aliphatic rings. The molecular formula is C10H12FN5O2. The Morgan fingerprint density at radius 2 is 2.22 bits per heavy atom. The molecule has 0 saturated heterocycles. The van der Waals surface area contributed by atoms with Gasteiger partial charge >= 0.3 is 5.69 Å². The van der Waals surface area contributed by atoms with E-state index in [1.54, 1.807) is 0 Å². The summed E-state index contributed by atoms with van der Waals surface area (Å²) in [6.07, 6.45) is 0. The van der Waals surface area contributed by atoms with Gasteiger partial charge in [0.15, 0.2) is 0 Å².